The van der Waals surface area contributed by atoms with Gasteiger partial charge in [0.1, 0.15) is 5.75 Å². The number of hydrogen-bond donors (Lipinski definition) is 0. The summed E-state index contributed by atoms with van der Waals surface area (Å²) in [5.41, 5.74) is 0.644. The molecule has 0 bridgehead atoms. The lowest BCUT2D eigenvalue weighted by atomic mass is 10.1. The monoisotopic (exact) mass is 334 g/mol. The molecule has 0 aliphatic heterocycles. The van der Waals surface area contributed by atoms with Crippen molar-refractivity contribution < 1.29 is 9.53 Å². The van der Waals surface area contributed by atoms with Crippen LogP contribution in [0.25, 0.3) is 0 Å². The summed E-state index contributed by atoms with van der Waals surface area (Å²) in [7, 11) is 0. The van der Waals surface area contributed by atoms with Gasteiger partial charge < -0.3 is 4.74 Å². The van der Waals surface area contributed by atoms with Crippen molar-refractivity contribution in [2.24, 2.45) is 0 Å². The Hall–Kier alpha value is -0.350. The molecule has 1 aromatic rings. The highest BCUT2D eigenvalue weighted by molar-refractivity contribution is 9.10. The van der Waals surface area contributed by atoms with Crippen LogP contribution < -0.4 is 4.74 Å². The van der Waals surface area contributed by atoms with Gasteiger partial charge in [-0.3, -0.25) is 4.79 Å². The molecule has 0 saturated carbocycles. The van der Waals surface area contributed by atoms with Crippen molar-refractivity contribution in [2.45, 2.75) is 18.7 Å². The Kier molecular flexibility index (Phi) is 4.80. The standard InChI is InChI=1S/C11H12Br2O2/c1-3-15-8-4-5-10(13)9(6-8)11(14)7(2)12/h4-7H,3H2,1-2H3. The zero-order valence-corrected chi connectivity index (χ0v) is 11.8. The van der Waals surface area contributed by atoms with Gasteiger partial charge in [0, 0.05) is 10.0 Å². The molecule has 0 aromatic heterocycles. The number of hydrogen-bond acceptors (Lipinski definition) is 2. The predicted molar refractivity (Wildman–Crippen MR) is 68.0 cm³/mol. The van der Waals surface area contributed by atoms with Crippen LogP contribution in [-0.4, -0.2) is 17.2 Å². The molecule has 1 rings (SSSR count). The van der Waals surface area contributed by atoms with E-state index in [2.05, 4.69) is 31.9 Å². The number of alkyl halides is 1. The Balaban J connectivity index is 3.05. The van der Waals surface area contributed by atoms with Gasteiger partial charge in [0.15, 0.2) is 5.78 Å². The Morgan fingerprint density at radius 2 is 2.20 bits per heavy atom. The summed E-state index contributed by atoms with van der Waals surface area (Å²) < 4.78 is 6.14. The van der Waals surface area contributed by atoms with Gasteiger partial charge in [-0.1, -0.05) is 31.9 Å². The first-order valence-electron chi connectivity index (χ1n) is 4.67. The molecule has 0 aliphatic carbocycles. The summed E-state index contributed by atoms with van der Waals surface area (Å²) >= 11 is 6.62. The molecule has 82 valence electrons. The number of ether oxygens (including phenoxy) is 1. The smallest absolute Gasteiger partial charge is 0.177 e. The number of rotatable bonds is 4. The van der Waals surface area contributed by atoms with E-state index in [-0.39, 0.29) is 10.6 Å². The molecule has 0 radical (unpaired) electrons. The van der Waals surface area contributed by atoms with Crippen LogP contribution in [0.15, 0.2) is 22.7 Å². The Bertz CT molecular complexity index is 362. The topological polar surface area (TPSA) is 26.3 Å². The number of carbonyl (C=O) groups is 1. The van der Waals surface area contributed by atoms with Gasteiger partial charge in [-0.05, 0) is 32.0 Å². The first-order chi connectivity index (χ1) is 7.06. The molecule has 15 heavy (non-hydrogen) atoms. The van der Waals surface area contributed by atoms with Crippen molar-refractivity contribution in [3.8, 4) is 5.75 Å². The van der Waals surface area contributed by atoms with Crippen molar-refractivity contribution in [3.63, 3.8) is 0 Å². The van der Waals surface area contributed by atoms with Gasteiger partial charge in [-0.2, -0.15) is 0 Å². The first-order valence-corrected chi connectivity index (χ1v) is 6.37. The van der Waals surface area contributed by atoms with Crippen LogP contribution in [0.3, 0.4) is 0 Å². The van der Waals surface area contributed by atoms with Crippen molar-refractivity contribution in [1.29, 1.82) is 0 Å². The molecule has 0 fully saturated rings. The average Bonchev–Trinajstić information content (AvgIpc) is 2.20. The second kappa shape index (κ2) is 5.66. The summed E-state index contributed by atoms with van der Waals surface area (Å²) in [5, 5.41) is 0. The van der Waals surface area contributed by atoms with Crippen LogP contribution in [0, 0.1) is 0 Å². The Morgan fingerprint density at radius 1 is 1.53 bits per heavy atom. The molecule has 1 aromatic carbocycles. The van der Waals surface area contributed by atoms with E-state index < -0.39 is 0 Å². The third-order valence-electron chi connectivity index (χ3n) is 1.88. The summed E-state index contributed by atoms with van der Waals surface area (Å²) in [6, 6.07) is 5.42. The molecule has 2 nitrogen and oxygen atoms in total. The van der Waals surface area contributed by atoms with Crippen molar-refractivity contribution in [3.05, 3.63) is 28.2 Å². The lowest BCUT2D eigenvalue weighted by molar-refractivity contribution is 0.0994. The maximum absolute atomic E-state index is 11.8. The lowest BCUT2D eigenvalue weighted by Gasteiger charge is -2.08. The average molecular weight is 336 g/mol. The number of Topliss-reactive ketones (excluding diaryl/α,β-unsaturated/α-hetero) is 1. The van der Waals surface area contributed by atoms with E-state index in [9.17, 15) is 4.79 Å². The van der Waals surface area contributed by atoms with E-state index in [0.29, 0.717) is 12.2 Å². The van der Waals surface area contributed by atoms with Gasteiger partial charge in [-0.15, -0.1) is 0 Å². The van der Waals surface area contributed by atoms with E-state index in [4.69, 9.17) is 4.74 Å². The highest BCUT2D eigenvalue weighted by Crippen LogP contribution is 2.25. The molecule has 0 spiro atoms. The van der Waals surface area contributed by atoms with E-state index >= 15 is 0 Å². The van der Waals surface area contributed by atoms with E-state index in [1.54, 1.807) is 6.07 Å². The van der Waals surface area contributed by atoms with Crippen LogP contribution in [0.4, 0.5) is 0 Å². The SMILES string of the molecule is CCOc1ccc(Br)c(C(=O)C(C)Br)c1. The van der Waals surface area contributed by atoms with Gasteiger partial charge >= 0.3 is 0 Å². The van der Waals surface area contributed by atoms with E-state index in [1.807, 2.05) is 26.0 Å². The van der Waals surface area contributed by atoms with Crippen LogP contribution in [0.2, 0.25) is 0 Å². The van der Waals surface area contributed by atoms with Crippen molar-refractivity contribution in [1.82, 2.24) is 0 Å². The highest BCUT2D eigenvalue weighted by atomic mass is 79.9. The van der Waals surface area contributed by atoms with Crippen LogP contribution in [0.1, 0.15) is 24.2 Å². The minimum Gasteiger partial charge on any atom is -0.494 e. The van der Waals surface area contributed by atoms with E-state index in [0.717, 1.165) is 10.2 Å². The third kappa shape index (κ3) is 3.31. The van der Waals surface area contributed by atoms with Gasteiger partial charge in [0.25, 0.3) is 0 Å². The minimum atomic E-state index is -0.189. The van der Waals surface area contributed by atoms with E-state index in [1.165, 1.54) is 0 Å². The largest absolute Gasteiger partial charge is 0.494 e. The summed E-state index contributed by atoms with van der Waals surface area (Å²) in [6.07, 6.45) is 0. The van der Waals surface area contributed by atoms with Crippen LogP contribution >= 0.6 is 31.9 Å². The second-order valence-corrected chi connectivity index (χ2v) is 5.28. The van der Waals surface area contributed by atoms with Crippen molar-refractivity contribution in [2.75, 3.05) is 6.61 Å². The maximum atomic E-state index is 11.8. The number of benzene rings is 1. The van der Waals surface area contributed by atoms with Crippen LogP contribution in [0.5, 0.6) is 5.75 Å². The molecule has 1 unspecified atom stereocenters. The third-order valence-corrected chi connectivity index (χ3v) is 2.98. The Morgan fingerprint density at radius 3 is 2.73 bits per heavy atom. The Labute approximate surface area is 106 Å². The summed E-state index contributed by atoms with van der Waals surface area (Å²) in [6.45, 7) is 4.32. The molecule has 0 heterocycles. The summed E-state index contributed by atoms with van der Waals surface area (Å²) in [5.74, 6) is 0.764. The maximum Gasteiger partial charge on any atom is 0.177 e. The molecule has 0 aliphatic rings. The molecule has 4 heteroatoms. The molecule has 1 atom stereocenters. The highest BCUT2D eigenvalue weighted by Gasteiger charge is 2.15. The van der Waals surface area contributed by atoms with Gasteiger partial charge in [0.2, 0.25) is 0 Å². The fourth-order valence-corrected chi connectivity index (χ4v) is 1.85. The lowest BCUT2D eigenvalue weighted by Crippen LogP contribution is -2.10. The number of halogens is 2. The van der Waals surface area contributed by atoms with Gasteiger partial charge in [0.05, 0.1) is 11.4 Å². The molecule has 0 amide bonds. The normalized spacial score (nSPS) is 12.3. The number of ketones is 1. The van der Waals surface area contributed by atoms with Gasteiger partial charge in [-0.25, -0.2) is 0 Å². The minimum absolute atomic E-state index is 0.0448. The fraction of sp³-hybridized carbons (Fsp3) is 0.364. The second-order valence-electron chi connectivity index (χ2n) is 3.05. The van der Waals surface area contributed by atoms with Crippen molar-refractivity contribution >= 4 is 37.6 Å². The predicted octanol–water partition coefficient (Wildman–Crippen LogP) is 3.81. The molecule has 0 N–H and O–H groups in total. The first kappa shape index (κ1) is 12.7. The zero-order valence-electron chi connectivity index (χ0n) is 8.59. The zero-order chi connectivity index (χ0) is 11.4. The number of carbonyl (C=O) groups excluding carboxylic acids is 1. The van der Waals surface area contributed by atoms with Crippen LogP contribution in [-0.2, 0) is 0 Å². The quantitative estimate of drug-likeness (QED) is 0.617. The summed E-state index contributed by atoms with van der Waals surface area (Å²) in [4.78, 5) is 11.6. The molecular weight excluding hydrogens is 324 g/mol. The molecule has 0 saturated heterocycles. The fourth-order valence-electron chi connectivity index (χ4n) is 1.16. The molecular formula is C11H12Br2O2.